The maximum absolute atomic E-state index is 12.4. The number of ketones is 1. The molecule has 2 aromatic heterocycles. The highest BCUT2D eigenvalue weighted by Crippen LogP contribution is 2.39. The highest BCUT2D eigenvalue weighted by molar-refractivity contribution is 5.99. The van der Waals surface area contributed by atoms with Gasteiger partial charge in [0.05, 0.1) is 6.20 Å². The molecule has 2 aliphatic rings. The maximum Gasteiger partial charge on any atom is 0.226 e. The molecule has 0 aromatic carbocycles. The van der Waals surface area contributed by atoms with Crippen molar-refractivity contribution in [3.63, 3.8) is 0 Å². The predicted molar refractivity (Wildman–Crippen MR) is 75.6 cm³/mol. The van der Waals surface area contributed by atoms with Gasteiger partial charge in [-0.3, -0.25) is 9.48 Å². The number of nitrogens with one attached hydrogen (secondary N) is 1. The van der Waals surface area contributed by atoms with E-state index in [9.17, 15) is 4.79 Å². The summed E-state index contributed by atoms with van der Waals surface area (Å²) in [5, 5.41) is 11.9. The first-order valence-electron chi connectivity index (χ1n) is 7.23. The lowest BCUT2D eigenvalue weighted by molar-refractivity contribution is -0.116. The number of carbonyl (C=O) groups excluding carboxylic acids is 1. The van der Waals surface area contributed by atoms with Crippen molar-refractivity contribution >= 4 is 11.7 Å². The Bertz CT molecular complexity index is 740. The fourth-order valence-electron chi connectivity index (χ4n) is 3.10. The third-order valence-corrected chi connectivity index (χ3v) is 4.10. The van der Waals surface area contributed by atoms with Crippen LogP contribution in [0.3, 0.4) is 0 Å². The molecule has 0 amide bonds. The number of nitrogens with zero attached hydrogens (tertiary/aromatic N) is 5. The number of Topliss-reactive ketones (excluding diaryl/α,β-unsaturated/α-hetero) is 1. The molecular weight excluding hydrogens is 268 g/mol. The molecule has 0 bridgehead atoms. The van der Waals surface area contributed by atoms with Gasteiger partial charge in [0.15, 0.2) is 5.78 Å². The van der Waals surface area contributed by atoms with Gasteiger partial charge in [-0.1, -0.05) is 0 Å². The summed E-state index contributed by atoms with van der Waals surface area (Å²) in [4.78, 5) is 16.7. The van der Waals surface area contributed by atoms with E-state index >= 15 is 0 Å². The van der Waals surface area contributed by atoms with Crippen LogP contribution in [0.1, 0.15) is 37.8 Å². The van der Waals surface area contributed by atoms with Gasteiger partial charge >= 0.3 is 0 Å². The van der Waals surface area contributed by atoms with Gasteiger partial charge in [0.25, 0.3) is 0 Å². The first-order valence-corrected chi connectivity index (χ1v) is 7.23. The lowest BCUT2D eigenvalue weighted by Crippen LogP contribution is -2.31. The molecule has 1 N–H and O–H groups in total. The molecule has 0 radical (unpaired) electrons. The molecule has 0 saturated carbocycles. The molecule has 0 unspecified atom stereocenters. The zero-order valence-electron chi connectivity index (χ0n) is 11.8. The fourth-order valence-corrected chi connectivity index (χ4v) is 3.10. The minimum absolute atomic E-state index is 0.194. The summed E-state index contributed by atoms with van der Waals surface area (Å²) < 4.78 is 3.64. The van der Waals surface area contributed by atoms with E-state index in [1.54, 1.807) is 4.68 Å². The number of hydrogen-bond donors (Lipinski definition) is 1. The second-order valence-electron chi connectivity index (χ2n) is 5.35. The number of allylic oxidation sites excluding steroid dienone is 2. The summed E-state index contributed by atoms with van der Waals surface area (Å²) >= 11 is 0. The SMILES string of the molecule is CCn1cc([C@@H]2C3=C(CCCC3=O)Nc3ncnn32)cn1. The number of rotatable bonds is 2. The van der Waals surface area contributed by atoms with E-state index < -0.39 is 0 Å². The molecule has 1 aliphatic heterocycles. The van der Waals surface area contributed by atoms with Crippen LogP contribution in [0.2, 0.25) is 0 Å². The van der Waals surface area contributed by atoms with Crippen molar-refractivity contribution < 1.29 is 4.79 Å². The molecule has 1 atom stereocenters. The van der Waals surface area contributed by atoms with E-state index in [1.807, 2.05) is 24.0 Å². The van der Waals surface area contributed by atoms with Crippen molar-refractivity contribution in [1.29, 1.82) is 0 Å². The Labute approximate surface area is 121 Å². The van der Waals surface area contributed by atoms with Gasteiger partial charge < -0.3 is 5.32 Å². The van der Waals surface area contributed by atoms with Crippen LogP contribution in [-0.4, -0.2) is 30.3 Å². The van der Waals surface area contributed by atoms with Crippen molar-refractivity contribution in [2.24, 2.45) is 0 Å². The fraction of sp³-hybridized carbons (Fsp3) is 0.429. The molecule has 7 heteroatoms. The van der Waals surface area contributed by atoms with Crippen LogP contribution in [0.15, 0.2) is 30.0 Å². The Kier molecular flexibility index (Phi) is 2.66. The minimum atomic E-state index is -0.216. The molecule has 1 aliphatic carbocycles. The average molecular weight is 284 g/mol. The van der Waals surface area contributed by atoms with Crippen LogP contribution in [0.5, 0.6) is 0 Å². The summed E-state index contributed by atoms with van der Waals surface area (Å²) in [6, 6.07) is -0.216. The topological polar surface area (TPSA) is 77.6 Å². The second kappa shape index (κ2) is 4.54. The molecule has 0 saturated heterocycles. The smallest absolute Gasteiger partial charge is 0.226 e. The normalized spacial score (nSPS) is 21.0. The number of hydrogen-bond acceptors (Lipinski definition) is 5. The third kappa shape index (κ3) is 1.80. The zero-order chi connectivity index (χ0) is 14.4. The largest absolute Gasteiger partial charge is 0.328 e. The van der Waals surface area contributed by atoms with Gasteiger partial charge in [-0.25, -0.2) is 4.68 Å². The molecule has 4 rings (SSSR count). The summed E-state index contributed by atoms with van der Waals surface area (Å²) in [5.41, 5.74) is 2.78. The minimum Gasteiger partial charge on any atom is -0.328 e. The first-order chi connectivity index (χ1) is 10.3. The Balaban J connectivity index is 1.88. The van der Waals surface area contributed by atoms with Crippen LogP contribution in [0.25, 0.3) is 0 Å². The zero-order valence-corrected chi connectivity index (χ0v) is 11.8. The summed E-state index contributed by atoms with van der Waals surface area (Å²) in [6.45, 7) is 2.84. The summed E-state index contributed by atoms with van der Waals surface area (Å²) in [5.74, 6) is 0.886. The maximum atomic E-state index is 12.4. The predicted octanol–water partition coefficient (Wildman–Crippen LogP) is 1.52. The van der Waals surface area contributed by atoms with Crippen molar-refractivity contribution in [2.45, 2.75) is 38.8 Å². The molecule has 108 valence electrons. The van der Waals surface area contributed by atoms with Crippen LogP contribution < -0.4 is 5.32 Å². The monoisotopic (exact) mass is 284 g/mol. The number of anilines is 1. The summed E-state index contributed by atoms with van der Waals surface area (Å²) in [6.07, 6.45) is 7.68. The number of carbonyl (C=O) groups is 1. The van der Waals surface area contributed by atoms with Crippen LogP contribution in [0, 0.1) is 0 Å². The van der Waals surface area contributed by atoms with Gasteiger partial charge in [-0.15, -0.1) is 0 Å². The van der Waals surface area contributed by atoms with E-state index in [4.69, 9.17) is 0 Å². The van der Waals surface area contributed by atoms with Crippen molar-refractivity contribution in [3.05, 3.63) is 35.6 Å². The van der Waals surface area contributed by atoms with E-state index in [0.717, 1.165) is 36.2 Å². The van der Waals surface area contributed by atoms with Crippen LogP contribution in [0.4, 0.5) is 5.95 Å². The van der Waals surface area contributed by atoms with Gasteiger partial charge in [0.1, 0.15) is 12.4 Å². The Morgan fingerprint density at radius 1 is 1.38 bits per heavy atom. The molecular formula is C14H16N6O. The van der Waals surface area contributed by atoms with Crippen LogP contribution >= 0.6 is 0 Å². The average Bonchev–Trinajstić information content (AvgIpc) is 3.14. The van der Waals surface area contributed by atoms with E-state index in [1.165, 1.54) is 6.33 Å². The molecule has 0 spiro atoms. The lowest BCUT2D eigenvalue weighted by Gasteiger charge is -2.31. The third-order valence-electron chi connectivity index (χ3n) is 4.10. The molecule has 0 fully saturated rings. The van der Waals surface area contributed by atoms with Gasteiger partial charge in [-0.05, 0) is 19.8 Å². The van der Waals surface area contributed by atoms with Gasteiger partial charge in [-0.2, -0.15) is 15.2 Å². The van der Waals surface area contributed by atoms with E-state index in [2.05, 4.69) is 20.5 Å². The Morgan fingerprint density at radius 2 is 2.29 bits per heavy atom. The lowest BCUT2D eigenvalue weighted by atomic mass is 9.86. The highest BCUT2D eigenvalue weighted by atomic mass is 16.1. The quantitative estimate of drug-likeness (QED) is 0.904. The molecule has 2 aromatic rings. The second-order valence-corrected chi connectivity index (χ2v) is 5.35. The number of aryl methyl sites for hydroxylation is 1. The van der Waals surface area contributed by atoms with Crippen molar-refractivity contribution in [2.75, 3.05) is 5.32 Å². The number of aromatic nitrogens is 5. The van der Waals surface area contributed by atoms with Crippen molar-refractivity contribution in [3.8, 4) is 0 Å². The van der Waals surface area contributed by atoms with E-state index in [0.29, 0.717) is 12.4 Å². The van der Waals surface area contributed by atoms with Gasteiger partial charge in [0, 0.05) is 36.0 Å². The summed E-state index contributed by atoms with van der Waals surface area (Å²) in [7, 11) is 0. The Morgan fingerprint density at radius 3 is 3.10 bits per heavy atom. The standard InChI is InChI=1S/C14H16N6O/c1-2-19-7-9(6-16-19)13-12-10(4-3-5-11(12)21)18-14-15-8-17-20(13)14/h6-8,13H,2-5H2,1H3,(H,15,17,18)/t13-/m1/s1. The molecule has 21 heavy (non-hydrogen) atoms. The van der Waals surface area contributed by atoms with E-state index in [-0.39, 0.29) is 11.8 Å². The van der Waals surface area contributed by atoms with Crippen molar-refractivity contribution in [1.82, 2.24) is 24.5 Å². The Hall–Kier alpha value is -2.44. The highest BCUT2D eigenvalue weighted by Gasteiger charge is 2.36. The van der Waals surface area contributed by atoms with Gasteiger partial charge in [0.2, 0.25) is 5.95 Å². The molecule has 3 heterocycles. The first kappa shape index (κ1) is 12.3. The molecule has 7 nitrogen and oxygen atoms in total. The van der Waals surface area contributed by atoms with Crippen LogP contribution in [-0.2, 0) is 11.3 Å². The number of fused-ring (bicyclic) bond motifs is 1.